The predicted molar refractivity (Wildman–Crippen MR) is 72.1 cm³/mol. The highest BCUT2D eigenvalue weighted by Gasteiger charge is 2.12. The van der Waals surface area contributed by atoms with E-state index in [1.54, 1.807) is 17.5 Å². The van der Waals surface area contributed by atoms with Crippen LogP contribution in [0.2, 0.25) is 0 Å². The maximum absolute atomic E-state index is 5.67. The van der Waals surface area contributed by atoms with E-state index in [-0.39, 0.29) is 0 Å². The van der Waals surface area contributed by atoms with Crippen molar-refractivity contribution in [3.8, 4) is 0 Å². The topological polar surface area (TPSA) is 50.9 Å². The largest absolute Gasteiger partial charge is 0.389 e. The first-order valence-electron chi connectivity index (χ1n) is 5.31. The smallest absolute Gasteiger partial charge is 0.185 e. The predicted octanol–water partition coefficient (Wildman–Crippen LogP) is 3.74. The van der Waals surface area contributed by atoms with Crippen molar-refractivity contribution in [3.05, 3.63) is 28.6 Å². The molecule has 0 spiro atoms. The monoisotopic (exact) mass is 253 g/mol. The van der Waals surface area contributed by atoms with Crippen molar-refractivity contribution in [3.63, 3.8) is 0 Å². The van der Waals surface area contributed by atoms with E-state index in [0.717, 1.165) is 23.0 Å². The van der Waals surface area contributed by atoms with Crippen LogP contribution in [-0.2, 0) is 0 Å². The first-order valence-corrected chi connectivity index (χ1v) is 7.00. The molecule has 0 aliphatic heterocycles. The minimum absolute atomic E-state index is 0.357. The van der Waals surface area contributed by atoms with Gasteiger partial charge in [0.05, 0.1) is 12.2 Å². The molecule has 3 N–H and O–H groups in total. The highest BCUT2D eigenvalue weighted by Crippen LogP contribution is 2.29. The lowest BCUT2D eigenvalue weighted by Gasteiger charge is -2.15. The number of nitrogens with two attached hydrogens (primary N) is 1. The molecule has 2 aromatic heterocycles. The number of thiophene rings is 1. The first-order chi connectivity index (χ1) is 7.79. The molecule has 0 bridgehead atoms. The van der Waals surface area contributed by atoms with Crippen LogP contribution in [0, 0.1) is 0 Å². The lowest BCUT2D eigenvalue weighted by Crippen LogP contribution is -2.08. The number of hydrogen-bond donors (Lipinski definition) is 2. The fourth-order valence-electron chi connectivity index (χ4n) is 1.57. The molecule has 0 amide bonds. The third kappa shape index (κ3) is 2.74. The second kappa shape index (κ2) is 5.32. The van der Waals surface area contributed by atoms with Crippen molar-refractivity contribution < 1.29 is 0 Å². The summed E-state index contributed by atoms with van der Waals surface area (Å²) in [5.41, 5.74) is 5.67. The molecule has 1 unspecified atom stereocenters. The van der Waals surface area contributed by atoms with E-state index >= 15 is 0 Å². The molecule has 5 heteroatoms. The molecule has 0 aromatic carbocycles. The fraction of sp³-hybridized carbons (Fsp3) is 0.364. The summed E-state index contributed by atoms with van der Waals surface area (Å²) >= 11 is 3.28. The maximum Gasteiger partial charge on any atom is 0.185 e. The van der Waals surface area contributed by atoms with Gasteiger partial charge in [-0.2, -0.15) is 0 Å². The molecule has 0 saturated carbocycles. The summed E-state index contributed by atoms with van der Waals surface area (Å²) in [6.45, 7) is 2.19. The third-order valence-corrected chi connectivity index (χ3v) is 4.03. The van der Waals surface area contributed by atoms with Crippen LogP contribution in [-0.4, -0.2) is 4.98 Å². The van der Waals surface area contributed by atoms with Crippen LogP contribution in [0.4, 0.5) is 10.1 Å². The zero-order valence-corrected chi connectivity index (χ0v) is 10.8. The van der Waals surface area contributed by atoms with Gasteiger partial charge in [0.2, 0.25) is 0 Å². The van der Waals surface area contributed by atoms with E-state index in [2.05, 4.69) is 34.7 Å². The summed E-state index contributed by atoms with van der Waals surface area (Å²) < 4.78 is 0. The van der Waals surface area contributed by atoms with E-state index in [0.29, 0.717) is 6.04 Å². The Morgan fingerprint density at radius 2 is 2.44 bits per heavy atom. The van der Waals surface area contributed by atoms with E-state index in [1.165, 1.54) is 16.2 Å². The molecule has 2 heterocycles. The van der Waals surface area contributed by atoms with Gasteiger partial charge in [-0.3, -0.25) is 0 Å². The number of rotatable bonds is 5. The molecule has 0 radical (unpaired) electrons. The van der Waals surface area contributed by atoms with Gasteiger partial charge in [0.15, 0.2) is 5.13 Å². The van der Waals surface area contributed by atoms with Crippen molar-refractivity contribution in [1.82, 2.24) is 4.98 Å². The van der Waals surface area contributed by atoms with Gasteiger partial charge in [-0.05, 0) is 17.9 Å². The highest BCUT2D eigenvalue weighted by molar-refractivity contribution is 7.19. The SMILES string of the molecule is CCCC(Nc1ncc(N)s1)c1cccs1. The molecular formula is C11H15N3S2. The summed E-state index contributed by atoms with van der Waals surface area (Å²) in [6.07, 6.45) is 3.96. The van der Waals surface area contributed by atoms with Crippen LogP contribution in [0.3, 0.4) is 0 Å². The molecular weight excluding hydrogens is 238 g/mol. The van der Waals surface area contributed by atoms with Crippen molar-refractivity contribution in [2.75, 3.05) is 11.1 Å². The molecule has 2 rings (SSSR count). The summed E-state index contributed by atoms with van der Waals surface area (Å²) in [5, 5.41) is 7.21. The van der Waals surface area contributed by atoms with Crippen LogP contribution in [0.25, 0.3) is 0 Å². The Labute approximate surface area is 103 Å². The normalized spacial score (nSPS) is 12.6. The standard InChI is InChI=1S/C11H15N3S2/c1-2-4-8(9-5-3-6-15-9)14-11-13-7-10(12)16-11/h3,5-8H,2,4,12H2,1H3,(H,13,14). The van der Waals surface area contributed by atoms with Crippen molar-refractivity contribution in [1.29, 1.82) is 0 Å². The van der Waals surface area contributed by atoms with Gasteiger partial charge in [-0.25, -0.2) is 4.98 Å². The molecule has 2 aromatic rings. The molecule has 0 saturated heterocycles. The number of nitrogens with one attached hydrogen (secondary N) is 1. The number of thiazole rings is 1. The van der Waals surface area contributed by atoms with E-state index in [1.807, 2.05) is 0 Å². The molecule has 16 heavy (non-hydrogen) atoms. The zero-order chi connectivity index (χ0) is 11.4. The Morgan fingerprint density at radius 1 is 1.56 bits per heavy atom. The van der Waals surface area contributed by atoms with Crippen LogP contribution in [0.15, 0.2) is 23.7 Å². The second-order valence-corrected chi connectivity index (χ2v) is 5.61. The van der Waals surface area contributed by atoms with Crippen molar-refractivity contribution in [2.45, 2.75) is 25.8 Å². The molecule has 1 atom stereocenters. The van der Waals surface area contributed by atoms with Gasteiger partial charge in [0.1, 0.15) is 5.00 Å². The van der Waals surface area contributed by atoms with Crippen LogP contribution in [0.1, 0.15) is 30.7 Å². The van der Waals surface area contributed by atoms with Crippen LogP contribution in [0.5, 0.6) is 0 Å². The number of nitrogens with zero attached hydrogens (tertiary/aromatic N) is 1. The summed E-state index contributed by atoms with van der Waals surface area (Å²) in [5.74, 6) is 0. The summed E-state index contributed by atoms with van der Waals surface area (Å²) in [7, 11) is 0. The van der Waals surface area contributed by atoms with Gasteiger partial charge in [-0.15, -0.1) is 11.3 Å². The Kier molecular flexibility index (Phi) is 3.79. The third-order valence-electron chi connectivity index (χ3n) is 2.29. The van der Waals surface area contributed by atoms with E-state index < -0.39 is 0 Å². The van der Waals surface area contributed by atoms with Gasteiger partial charge >= 0.3 is 0 Å². The van der Waals surface area contributed by atoms with Gasteiger partial charge in [-0.1, -0.05) is 30.7 Å². The Morgan fingerprint density at radius 3 is 3.00 bits per heavy atom. The fourth-order valence-corrected chi connectivity index (χ4v) is 3.01. The van der Waals surface area contributed by atoms with Gasteiger partial charge < -0.3 is 11.1 Å². The van der Waals surface area contributed by atoms with Gasteiger partial charge in [0, 0.05) is 4.88 Å². The average molecular weight is 253 g/mol. The van der Waals surface area contributed by atoms with E-state index in [4.69, 9.17) is 5.73 Å². The number of hydrogen-bond acceptors (Lipinski definition) is 5. The summed E-state index contributed by atoms with van der Waals surface area (Å²) in [6, 6.07) is 4.60. The quantitative estimate of drug-likeness (QED) is 0.853. The highest BCUT2D eigenvalue weighted by atomic mass is 32.1. The molecule has 0 aliphatic rings. The Hall–Kier alpha value is -1.07. The second-order valence-electron chi connectivity index (χ2n) is 3.57. The molecule has 0 aliphatic carbocycles. The molecule has 0 fully saturated rings. The number of nitrogen functional groups attached to an aromatic ring is 1. The Bertz CT molecular complexity index is 422. The number of aromatic nitrogens is 1. The van der Waals surface area contributed by atoms with Crippen molar-refractivity contribution >= 4 is 32.8 Å². The molecule has 3 nitrogen and oxygen atoms in total. The lowest BCUT2D eigenvalue weighted by atomic mass is 10.1. The minimum atomic E-state index is 0.357. The minimum Gasteiger partial charge on any atom is -0.389 e. The Balaban J connectivity index is 2.09. The number of anilines is 2. The van der Waals surface area contributed by atoms with Crippen LogP contribution < -0.4 is 11.1 Å². The van der Waals surface area contributed by atoms with E-state index in [9.17, 15) is 0 Å². The molecule has 86 valence electrons. The summed E-state index contributed by atoms with van der Waals surface area (Å²) in [4.78, 5) is 5.59. The lowest BCUT2D eigenvalue weighted by molar-refractivity contribution is 0.687. The van der Waals surface area contributed by atoms with Crippen molar-refractivity contribution in [2.24, 2.45) is 0 Å². The zero-order valence-electron chi connectivity index (χ0n) is 9.14. The van der Waals surface area contributed by atoms with Crippen LogP contribution >= 0.6 is 22.7 Å². The average Bonchev–Trinajstić information content (AvgIpc) is 2.88. The van der Waals surface area contributed by atoms with Gasteiger partial charge in [0.25, 0.3) is 0 Å². The first kappa shape index (κ1) is 11.4. The maximum atomic E-state index is 5.67.